The minimum absolute atomic E-state index is 0.0399. The molecule has 0 bridgehead atoms. The van der Waals surface area contributed by atoms with Gasteiger partial charge in [0.05, 0.1) is 0 Å². The van der Waals surface area contributed by atoms with Gasteiger partial charge in [0.25, 0.3) is 5.91 Å². The highest BCUT2D eigenvalue weighted by molar-refractivity contribution is 5.80. The summed E-state index contributed by atoms with van der Waals surface area (Å²) in [5.41, 5.74) is 1.05. The average molecular weight is 304 g/mol. The topological polar surface area (TPSA) is 41.6 Å². The van der Waals surface area contributed by atoms with E-state index in [9.17, 15) is 4.79 Å². The first kappa shape index (κ1) is 16.8. The van der Waals surface area contributed by atoms with Gasteiger partial charge < -0.3 is 15.0 Å². The van der Waals surface area contributed by atoms with Crippen LogP contribution in [0.1, 0.15) is 38.2 Å². The van der Waals surface area contributed by atoms with E-state index in [2.05, 4.69) is 10.2 Å². The molecule has 1 aliphatic rings. The number of ether oxygens (including phenoxy) is 1. The molecule has 1 aromatic rings. The molecule has 1 aliphatic heterocycles. The number of nitrogens with one attached hydrogen (secondary N) is 1. The van der Waals surface area contributed by atoms with Crippen LogP contribution < -0.4 is 10.1 Å². The van der Waals surface area contributed by atoms with E-state index < -0.39 is 6.10 Å². The first-order valence-electron chi connectivity index (χ1n) is 8.39. The molecule has 0 spiro atoms. The number of likely N-dealkylation sites (tertiary alicyclic amines) is 1. The van der Waals surface area contributed by atoms with Gasteiger partial charge in [-0.15, -0.1) is 0 Å². The molecule has 1 N–H and O–H groups in total. The van der Waals surface area contributed by atoms with Crippen molar-refractivity contribution in [1.29, 1.82) is 0 Å². The third-order valence-electron chi connectivity index (χ3n) is 4.17. The van der Waals surface area contributed by atoms with E-state index in [1.54, 1.807) is 6.92 Å². The van der Waals surface area contributed by atoms with Crippen molar-refractivity contribution in [3.8, 4) is 5.75 Å². The molecule has 2 rings (SSSR count). The Hall–Kier alpha value is -1.55. The Morgan fingerprint density at radius 3 is 2.73 bits per heavy atom. The smallest absolute Gasteiger partial charge is 0.260 e. The molecule has 122 valence electrons. The number of hydrogen-bond donors (Lipinski definition) is 1. The maximum atomic E-state index is 12.1. The molecule has 1 fully saturated rings. The lowest BCUT2D eigenvalue weighted by Crippen LogP contribution is -2.38. The molecule has 4 heteroatoms. The van der Waals surface area contributed by atoms with Gasteiger partial charge in [0.15, 0.2) is 6.10 Å². The predicted octanol–water partition coefficient (Wildman–Crippen LogP) is 2.75. The molecule has 1 amide bonds. The summed E-state index contributed by atoms with van der Waals surface area (Å²) in [5, 5.41) is 2.97. The van der Waals surface area contributed by atoms with Crippen LogP contribution in [-0.4, -0.2) is 43.1 Å². The fourth-order valence-corrected chi connectivity index (χ4v) is 2.77. The number of hydrogen-bond acceptors (Lipinski definition) is 3. The number of carbonyl (C=O) groups is 1. The molecule has 0 aliphatic carbocycles. The van der Waals surface area contributed by atoms with Crippen LogP contribution in [0.2, 0.25) is 0 Å². The van der Waals surface area contributed by atoms with Crippen molar-refractivity contribution in [2.24, 2.45) is 0 Å². The highest BCUT2D eigenvalue weighted by Gasteiger charge is 2.15. The zero-order chi connectivity index (χ0) is 15.8. The first-order valence-corrected chi connectivity index (χ1v) is 8.39. The van der Waals surface area contributed by atoms with E-state index in [-0.39, 0.29) is 5.91 Å². The summed E-state index contributed by atoms with van der Waals surface area (Å²) in [5.74, 6) is 0.736. The Labute approximate surface area is 133 Å². The van der Waals surface area contributed by atoms with Gasteiger partial charge in [-0.25, -0.2) is 0 Å². The van der Waals surface area contributed by atoms with Gasteiger partial charge in [-0.2, -0.15) is 0 Å². The number of carbonyl (C=O) groups excluding carboxylic acids is 1. The molecule has 1 saturated heterocycles. The van der Waals surface area contributed by atoms with Crippen LogP contribution in [0.25, 0.3) is 0 Å². The van der Waals surface area contributed by atoms with E-state index in [0.29, 0.717) is 0 Å². The molecule has 1 unspecified atom stereocenters. The van der Waals surface area contributed by atoms with Crippen LogP contribution in [0.3, 0.4) is 0 Å². The number of nitrogens with zero attached hydrogens (tertiary/aromatic N) is 1. The van der Waals surface area contributed by atoms with Crippen molar-refractivity contribution in [3.63, 3.8) is 0 Å². The van der Waals surface area contributed by atoms with Gasteiger partial charge in [0, 0.05) is 6.54 Å². The molecule has 1 heterocycles. The van der Waals surface area contributed by atoms with Crippen molar-refractivity contribution in [2.45, 2.75) is 45.6 Å². The minimum Gasteiger partial charge on any atom is -0.481 e. The maximum absolute atomic E-state index is 12.1. The van der Waals surface area contributed by atoms with Crippen molar-refractivity contribution < 1.29 is 9.53 Å². The van der Waals surface area contributed by atoms with Crippen LogP contribution in [0.15, 0.2) is 24.3 Å². The molecule has 1 atom stereocenters. The van der Waals surface area contributed by atoms with Crippen LogP contribution in [0, 0.1) is 6.92 Å². The molecule has 0 saturated carbocycles. The third kappa shape index (κ3) is 5.34. The van der Waals surface area contributed by atoms with Gasteiger partial charge in [0.1, 0.15) is 5.75 Å². The monoisotopic (exact) mass is 304 g/mol. The average Bonchev–Trinajstić information content (AvgIpc) is 2.54. The summed E-state index contributed by atoms with van der Waals surface area (Å²) in [4.78, 5) is 14.5. The number of para-hydroxylation sites is 1. The lowest BCUT2D eigenvalue weighted by atomic mass is 10.1. The Balaban J connectivity index is 1.65. The molecule has 1 aromatic carbocycles. The number of aryl methyl sites for hydroxylation is 1. The summed E-state index contributed by atoms with van der Waals surface area (Å²) < 4.78 is 5.73. The highest BCUT2D eigenvalue weighted by Crippen LogP contribution is 2.17. The number of rotatable bonds is 7. The number of piperidine rings is 1. The summed E-state index contributed by atoms with van der Waals surface area (Å²) in [6, 6.07) is 7.77. The molecule has 22 heavy (non-hydrogen) atoms. The summed E-state index contributed by atoms with van der Waals surface area (Å²) in [6.07, 6.45) is 4.53. The van der Waals surface area contributed by atoms with Gasteiger partial charge in [-0.1, -0.05) is 24.6 Å². The molecule has 4 nitrogen and oxygen atoms in total. The van der Waals surface area contributed by atoms with Crippen LogP contribution in [-0.2, 0) is 4.79 Å². The van der Waals surface area contributed by atoms with Crippen LogP contribution in [0.5, 0.6) is 5.75 Å². The fraction of sp³-hybridized carbons (Fsp3) is 0.611. The Bertz CT molecular complexity index is 470. The fourth-order valence-electron chi connectivity index (χ4n) is 2.77. The van der Waals surface area contributed by atoms with Crippen LogP contribution >= 0.6 is 0 Å². The van der Waals surface area contributed by atoms with Crippen molar-refractivity contribution >= 4 is 5.91 Å². The Morgan fingerprint density at radius 1 is 1.27 bits per heavy atom. The maximum Gasteiger partial charge on any atom is 0.260 e. The van der Waals surface area contributed by atoms with Crippen molar-refractivity contribution in [1.82, 2.24) is 10.2 Å². The normalized spacial score (nSPS) is 17.0. The molecule has 0 radical (unpaired) electrons. The second-order valence-corrected chi connectivity index (χ2v) is 6.07. The summed E-state index contributed by atoms with van der Waals surface area (Å²) in [7, 11) is 0. The van der Waals surface area contributed by atoms with E-state index in [1.807, 2.05) is 31.2 Å². The lowest BCUT2D eigenvalue weighted by Gasteiger charge is -2.26. The first-order chi connectivity index (χ1) is 10.7. The lowest BCUT2D eigenvalue weighted by molar-refractivity contribution is -0.127. The van der Waals surface area contributed by atoms with E-state index in [1.165, 1.54) is 32.4 Å². The largest absolute Gasteiger partial charge is 0.481 e. The van der Waals surface area contributed by atoms with Crippen molar-refractivity contribution in [2.75, 3.05) is 26.2 Å². The predicted molar refractivity (Wildman–Crippen MR) is 89.2 cm³/mol. The molecular weight excluding hydrogens is 276 g/mol. The second-order valence-electron chi connectivity index (χ2n) is 6.07. The standard InChI is InChI=1S/C18H28N2O2/c1-15-9-4-5-10-17(15)22-16(2)18(21)19-11-8-14-20-12-6-3-7-13-20/h4-5,9-10,16H,3,6-8,11-14H2,1-2H3,(H,19,21). The van der Waals surface area contributed by atoms with Gasteiger partial charge in [0.2, 0.25) is 0 Å². The summed E-state index contributed by atoms with van der Waals surface area (Å²) >= 11 is 0. The second kappa shape index (κ2) is 8.79. The van der Waals surface area contributed by atoms with Gasteiger partial charge in [-0.3, -0.25) is 4.79 Å². The van der Waals surface area contributed by atoms with Gasteiger partial charge >= 0.3 is 0 Å². The van der Waals surface area contributed by atoms with E-state index in [0.717, 1.165) is 30.8 Å². The highest BCUT2D eigenvalue weighted by atomic mass is 16.5. The van der Waals surface area contributed by atoms with E-state index >= 15 is 0 Å². The zero-order valence-corrected chi connectivity index (χ0v) is 13.8. The Kier molecular flexibility index (Phi) is 6.72. The molecule has 0 aromatic heterocycles. The third-order valence-corrected chi connectivity index (χ3v) is 4.17. The Morgan fingerprint density at radius 2 is 2.00 bits per heavy atom. The van der Waals surface area contributed by atoms with Gasteiger partial charge in [-0.05, 0) is 64.4 Å². The number of amides is 1. The zero-order valence-electron chi connectivity index (χ0n) is 13.8. The van der Waals surface area contributed by atoms with E-state index in [4.69, 9.17) is 4.74 Å². The number of benzene rings is 1. The SMILES string of the molecule is Cc1ccccc1OC(C)C(=O)NCCCN1CCCCC1. The summed E-state index contributed by atoms with van der Waals surface area (Å²) in [6.45, 7) is 8.00. The molecular formula is C18H28N2O2. The van der Waals surface area contributed by atoms with Crippen molar-refractivity contribution in [3.05, 3.63) is 29.8 Å². The quantitative estimate of drug-likeness (QED) is 0.788. The minimum atomic E-state index is -0.462. The van der Waals surface area contributed by atoms with Crippen LogP contribution in [0.4, 0.5) is 0 Å².